The van der Waals surface area contributed by atoms with Gasteiger partial charge in [-0.25, -0.2) is 9.97 Å². The van der Waals surface area contributed by atoms with Gasteiger partial charge >= 0.3 is 7.12 Å². The number of pyridine rings is 6. The van der Waals surface area contributed by atoms with Crippen LogP contribution in [-0.2, 0) is 9.31 Å². The van der Waals surface area contributed by atoms with Crippen molar-refractivity contribution in [2.45, 2.75) is 46.3 Å². The van der Waals surface area contributed by atoms with Crippen molar-refractivity contribution >= 4 is 146 Å². The number of halogens is 1. The first-order valence-electron chi connectivity index (χ1n) is 27.9. The number of aromatic nitrogens is 6. The van der Waals surface area contributed by atoms with Crippen molar-refractivity contribution in [1.82, 2.24) is 29.9 Å². The second kappa shape index (κ2) is 22.1. The molecule has 9 heterocycles. The summed E-state index contributed by atoms with van der Waals surface area (Å²) in [4.78, 5) is 28.1. The maximum Gasteiger partial charge on any atom is 0.495 e. The Balaban J connectivity index is 0.000000133. The second-order valence-corrected chi connectivity index (χ2v) is 23.1. The van der Waals surface area contributed by atoms with E-state index in [1.807, 2.05) is 97.5 Å². The molecule has 8 aromatic heterocycles. The lowest BCUT2D eigenvalue weighted by atomic mass is 9.76. The number of furan rings is 2. The fourth-order valence-electron chi connectivity index (χ4n) is 11.4. The van der Waals surface area contributed by atoms with Gasteiger partial charge in [-0.1, -0.05) is 126 Å². The van der Waals surface area contributed by atoms with Crippen LogP contribution >= 0.6 is 15.9 Å². The highest BCUT2D eigenvalue weighted by Crippen LogP contribution is 2.41. The zero-order chi connectivity index (χ0) is 56.7. The lowest BCUT2D eigenvalue weighted by molar-refractivity contribution is 0.00578. The minimum atomic E-state index is -0.473. The first-order chi connectivity index (χ1) is 41.0. The smallest absolute Gasteiger partial charge is 0.456 e. The molecule has 3 radical (unpaired) electrons. The van der Waals surface area contributed by atoms with Gasteiger partial charge in [0.2, 0.25) is 0 Å². The van der Waals surface area contributed by atoms with Crippen molar-refractivity contribution < 1.29 is 18.1 Å². The Hall–Kier alpha value is -9.65. The van der Waals surface area contributed by atoms with Crippen LogP contribution in [0.2, 0.25) is 0 Å². The van der Waals surface area contributed by atoms with E-state index in [2.05, 4.69) is 191 Å². The first-order valence-corrected chi connectivity index (χ1v) is 28.7. The molecule has 8 aromatic carbocycles. The molecule has 0 atom stereocenters. The van der Waals surface area contributed by atoms with Gasteiger partial charge < -0.3 is 18.1 Å². The predicted molar refractivity (Wildman–Crippen MR) is 358 cm³/mol. The van der Waals surface area contributed by atoms with Gasteiger partial charge in [-0.2, -0.15) is 0 Å². The summed E-state index contributed by atoms with van der Waals surface area (Å²) in [6.07, 6.45) is 7.27. The van der Waals surface area contributed by atoms with Gasteiger partial charge in [0.25, 0.3) is 0 Å². The summed E-state index contributed by atoms with van der Waals surface area (Å²) in [5.74, 6) is 0. The molecule has 1 fully saturated rings. The molecule has 0 saturated carbocycles. The summed E-state index contributed by atoms with van der Waals surface area (Å²) >= 11 is 3.39. The molecule has 13 heteroatoms. The average Bonchev–Trinajstić information content (AvgIpc) is 2.37. The Bertz CT molecular complexity index is 5280. The maximum atomic E-state index is 6.40. The number of rotatable bonds is 4. The SMILES string of the molecule is Brc1ccc2cccnc2c1.C.CC1(C)OB(c2cccc3oc4ccc(-c5ccc6ccc7cccnc7c6n5)cc4c23)OC1(C)C.[B].c1cnc2cc(-c3cccc4oc5ccc(-c6ccc7ccc8cccnc8c7n6)cc5c34)ccc2c1. The number of fused-ring (bicyclic) bond motifs is 14. The fraction of sp³-hybridized carbons (Fsp3) is 0.0959. The van der Waals surface area contributed by atoms with Gasteiger partial charge in [-0.3, -0.25) is 19.9 Å². The van der Waals surface area contributed by atoms with Crippen molar-refractivity contribution in [2.24, 2.45) is 0 Å². The van der Waals surface area contributed by atoms with Crippen molar-refractivity contribution in [3.05, 3.63) is 236 Å². The van der Waals surface area contributed by atoms with E-state index in [1.165, 1.54) is 5.39 Å². The molecule has 1 aliphatic heterocycles. The lowest BCUT2D eigenvalue weighted by Gasteiger charge is -2.32. The molecule has 0 spiro atoms. The van der Waals surface area contributed by atoms with E-state index in [1.54, 1.807) is 6.20 Å². The zero-order valence-electron chi connectivity index (χ0n) is 46.8. The molecule has 0 unspecified atom stereocenters. The van der Waals surface area contributed by atoms with Gasteiger partial charge in [0.05, 0.1) is 55.7 Å². The van der Waals surface area contributed by atoms with Crippen LogP contribution in [0, 0.1) is 0 Å². The molecule has 1 saturated heterocycles. The highest BCUT2D eigenvalue weighted by molar-refractivity contribution is 9.10. The topological polar surface area (TPSA) is 122 Å². The largest absolute Gasteiger partial charge is 0.495 e. The molecule has 16 aromatic rings. The van der Waals surface area contributed by atoms with Gasteiger partial charge in [0.1, 0.15) is 22.3 Å². The molecular formula is C73H54B2BrN6O4. The van der Waals surface area contributed by atoms with E-state index in [-0.39, 0.29) is 15.8 Å². The Morgan fingerprint density at radius 2 is 0.826 bits per heavy atom. The first kappa shape index (κ1) is 55.5. The van der Waals surface area contributed by atoms with Crippen LogP contribution in [0.1, 0.15) is 35.1 Å². The minimum absolute atomic E-state index is 0. The summed E-state index contributed by atoms with van der Waals surface area (Å²) in [5, 5.41) is 10.8. The Kier molecular flexibility index (Phi) is 14.3. The Labute approximate surface area is 506 Å². The molecule has 86 heavy (non-hydrogen) atoms. The summed E-state index contributed by atoms with van der Waals surface area (Å²) in [7, 11) is -0.473. The Morgan fingerprint density at radius 3 is 1.40 bits per heavy atom. The molecule has 0 aliphatic carbocycles. The third-order valence-corrected chi connectivity index (χ3v) is 17.0. The zero-order valence-corrected chi connectivity index (χ0v) is 48.4. The van der Waals surface area contributed by atoms with Gasteiger partial charge in [-0.05, 0) is 147 Å². The number of nitrogens with zero attached hydrogens (tertiary/aromatic N) is 6. The lowest BCUT2D eigenvalue weighted by Crippen LogP contribution is -2.41. The van der Waals surface area contributed by atoms with Crippen LogP contribution in [0.5, 0.6) is 0 Å². The fourth-order valence-corrected chi connectivity index (χ4v) is 11.8. The molecule has 10 nitrogen and oxygen atoms in total. The molecule has 17 rings (SSSR count). The van der Waals surface area contributed by atoms with Crippen LogP contribution in [0.25, 0.3) is 143 Å². The van der Waals surface area contributed by atoms with Crippen molar-refractivity contribution in [1.29, 1.82) is 0 Å². The molecule has 0 amide bonds. The van der Waals surface area contributed by atoms with Crippen molar-refractivity contribution in [2.75, 3.05) is 0 Å². The van der Waals surface area contributed by atoms with E-state index < -0.39 is 18.3 Å². The van der Waals surface area contributed by atoms with E-state index in [0.717, 1.165) is 147 Å². The second-order valence-electron chi connectivity index (χ2n) is 22.2. The van der Waals surface area contributed by atoms with Crippen molar-refractivity contribution in [3.8, 4) is 33.6 Å². The van der Waals surface area contributed by atoms with E-state index in [0.29, 0.717) is 0 Å². The summed E-state index contributed by atoms with van der Waals surface area (Å²) in [6.45, 7) is 8.29. The number of hydrogen-bond acceptors (Lipinski definition) is 10. The summed E-state index contributed by atoms with van der Waals surface area (Å²) in [5.41, 5.74) is 15.3. The molecular weight excluding hydrogens is 1130 g/mol. The average molecular weight is 1180 g/mol. The molecule has 413 valence electrons. The van der Waals surface area contributed by atoms with Crippen LogP contribution < -0.4 is 5.46 Å². The molecule has 0 bridgehead atoms. The van der Waals surface area contributed by atoms with E-state index in [4.69, 9.17) is 28.1 Å². The summed E-state index contributed by atoms with van der Waals surface area (Å²) < 4.78 is 26.4. The quantitative estimate of drug-likeness (QED) is 0.124. The number of hydrogen-bond donors (Lipinski definition) is 0. The molecule has 1 aliphatic rings. The highest BCUT2D eigenvalue weighted by atomic mass is 79.9. The summed E-state index contributed by atoms with van der Waals surface area (Å²) in [6, 6.07) is 70.2. The third kappa shape index (κ3) is 9.87. The van der Waals surface area contributed by atoms with E-state index in [9.17, 15) is 0 Å². The Morgan fingerprint density at radius 1 is 0.384 bits per heavy atom. The molecule has 0 N–H and O–H groups in total. The van der Waals surface area contributed by atoms with Crippen LogP contribution in [0.3, 0.4) is 0 Å². The standard InChI is InChI=1S/C33H19N3O.C30H25BN2O3.C9H6BrN.CH4.B/c1-6-25(23-11-8-20-4-2-16-34-28(20)19-23)31-26-18-24(13-15-29(26)37-30(31)7-1)27-14-12-22-10-9-21-5-3-17-35-32(21)33(22)36-27;1-29(2)30(3,4)36-31(35-29)22-8-5-9-25-26(22)21-17-20(13-15-24(21)34-25)23-14-12-19-11-10-18-7-6-16-32-27(18)28(19)33-23;10-8-4-3-7-2-1-5-11-9(7)6-8;;/h1-19H;5-17H,1-4H3;1-6H;1H4;. The van der Waals surface area contributed by atoms with Gasteiger partial charge in [-0.15, -0.1) is 0 Å². The van der Waals surface area contributed by atoms with Crippen LogP contribution in [-0.4, -0.2) is 56.6 Å². The predicted octanol–water partition coefficient (Wildman–Crippen LogP) is 18.5. The maximum absolute atomic E-state index is 6.40. The number of benzene rings is 8. The van der Waals surface area contributed by atoms with Crippen LogP contribution in [0.15, 0.2) is 244 Å². The van der Waals surface area contributed by atoms with E-state index >= 15 is 0 Å². The van der Waals surface area contributed by atoms with Gasteiger partial charge in [0, 0.05) is 103 Å². The van der Waals surface area contributed by atoms with Crippen molar-refractivity contribution in [3.63, 3.8) is 0 Å². The van der Waals surface area contributed by atoms with Gasteiger partial charge in [0.15, 0.2) is 0 Å². The normalized spacial score (nSPS) is 13.5. The third-order valence-electron chi connectivity index (χ3n) is 16.5. The van der Waals surface area contributed by atoms with Crippen LogP contribution in [0.4, 0.5) is 0 Å². The minimum Gasteiger partial charge on any atom is -0.456 e. The highest BCUT2D eigenvalue weighted by Gasteiger charge is 2.52. The monoisotopic (exact) mass is 1180 g/mol.